The number of rotatable bonds is 2. The van der Waals surface area contributed by atoms with Crippen LogP contribution in [0.25, 0.3) is 5.69 Å². The summed E-state index contributed by atoms with van der Waals surface area (Å²) in [5.41, 5.74) is 1.37. The Bertz CT molecular complexity index is 658. The molecule has 2 rings (SSSR count). The Hall–Kier alpha value is -2.01. The number of aryl methyl sites for hydroxylation is 1. The third kappa shape index (κ3) is 2.04. The van der Waals surface area contributed by atoms with E-state index in [1.807, 2.05) is 0 Å². The summed E-state index contributed by atoms with van der Waals surface area (Å²) in [4.78, 5) is 23.5. The maximum atomic E-state index is 11.8. The number of benzene rings is 1. The summed E-state index contributed by atoms with van der Waals surface area (Å²) >= 11 is 5.95. The van der Waals surface area contributed by atoms with Crippen molar-refractivity contribution in [3.05, 3.63) is 50.9 Å². The minimum absolute atomic E-state index is 0.231. The van der Waals surface area contributed by atoms with Crippen LogP contribution >= 0.6 is 11.6 Å². The van der Waals surface area contributed by atoms with Crippen LogP contribution < -0.4 is 10.9 Å². The second kappa shape index (κ2) is 4.70. The van der Waals surface area contributed by atoms with Gasteiger partial charge in [-0.3, -0.25) is 14.7 Å². The van der Waals surface area contributed by atoms with Crippen LogP contribution in [0, 0.1) is 6.92 Å². The van der Waals surface area contributed by atoms with Gasteiger partial charge in [-0.25, -0.2) is 4.68 Å². The smallest absolute Gasteiger partial charge is 0.271 e. The molecule has 0 spiro atoms. The summed E-state index contributed by atoms with van der Waals surface area (Å²) in [6, 6.07) is 4.63. The summed E-state index contributed by atoms with van der Waals surface area (Å²) in [6.45, 7) is 1.79. The second-order valence-corrected chi connectivity index (χ2v) is 4.27. The summed E-state index contributed by atoms with van der Waals surface area (Å²) < 4.78 is 1.32. The van der Waals surface area contributed by atoms with E-state index in [0.717, 1.165) is 5.56 Å². The number of H-pyrrole nitrogens is 1. The van der Waals surface area contributed by atoms with Crippen LogP contribution in [0.4, 0.5) is 0 Å². The van der Waals surface area contributed by atoms with Gasteiger partial charge in [-0.15, -0.1) is 0 Å². The molecule has 1 heterocycles. The van der Waals surface area contributed by atoms with Gasteiger partial charge in [-0.2, -0.15) is 0 Å². The van der Waals surface area contributed by atoms with Crippen molar-refractivity contribution in [1.82, 2.24) is 15.1 Å². The molecule has 0 saturated heterocycles. The van der Waals surface area contributed by atoms with E-state index in [1.165, 1.54) is 30.1 Å². The molecule has 0 radical (unpaired) electrons. The van der Waals surface area contributed by atoms with Crippen molar-refractivity contribution in [3.63, 3.8) is 0 Å². The van der Waals surface area contributed by atoms with E-state index in [0.29, 0.717) is 16.3 Å². The molecule has 0 bridgehead atoms. The Labute approximate surface area is 108 Å². The van der Waals surface area contributed by atoms with Crippen LogP contribution in [0.3, 0.4) is 0 Å². The number of halogens is 1. The van der Waals surface area contributed by atoms with Gasteiger partial charge in [-0.1, -0.05) is 11.6 Å². The Morgan fingerprint density at radius 2 is 2.17 bits per heavy atom. The van der Waals surface area contributed by atoms with Gasteiger partial charge in [0.05, 0.1) is 11.3 Å². The molecule has 0 aliphatic carbocycles. The molecule has 0 fully saturated rings. The lowest BCUT2D eigenvalue weighted by Crippen LogP contribution is -2.24. The van der Waals surface area contributed by atoms with Gasteiger partial charge in [-0.05, 0) is 24.6 Å². The first-order valence-electron chi connectivity index (χ1n) is 5.33. The third-order valence-electron chi connectivity index (χ3n) is 2.61. The van der Waals surface area contributed by atoms with Gasteiger partial charge in [0.25, 0.3) is 11.5 Å². The van der Waals surface area contributed by atoms with E-state index >= 15 is 0 Å². The number of hydrogen-bond donors (Lipinski definition) is 2. The van der Waals surface area contributed by atoms with Crippen LogP contribution in [-0.4, -0.2) is 22.7 Å². The number of aromatic amines is 1. The van der Waals surface area contributed by atoms with Crippen molar-refractivity contribution >= 4 is 17.5 Å². The van der Waals surface area contributed by atoms with Gasteiger partial charge in [0.1, 0.15) is 0 Å². The molecule has 1 aromatic heterocycles. The normalized spacial score (nSPS) is 10.4. The quantitative estimate of drug-likeness (QED) is 0.864. The number of carbonyl (C=O) groups is 1. The van der Waals surface area contributed by atoms with Crippen molar-refractivity contribution in [1.29, 1.82) is 0 Å². The highest BCUT2D eigenvalue weighted by Crippen LogP contribution is 2.23. The minimum atomic E-state index is -0.294. The molecule has 2 N–H and O–H groups in total. The molecule has 1 aromatic carbocycles. The number of carbonyl (C=O) groups excluding carboxylic acids is 1. The number of amides is 1. The van der Waals surface area contributed by atoms with Gasteiger partial charge in [0, 0.05) is 24.3 Å². The molecule has 0 unspecified atom stereocenters. The van der Waals surface area contributed by atoms with Gasteiger partial charge in [0.15, 0.2) is 0 Å². The van der Waals surface area contributed by atoms with E-state index in [4.69, 9.17) is 11.6 Å². The highest BCUT2D eigenvalue weighted by Gasteiger charge is 2.16. The number of aromatic nitrogens is 2. The average Bonchev–Trinajstić information content (AvgIpc) is 2.73. The van der Waals surface area contributed by atoms with Crippen LogP contribution in [0.1, 0.15) is 15.9 Å². The predicted molar refractivity (Wildman–Crippen MR) is 69.5 cm³/mol. The van der Waals surface area contributed by atoms with E-state index < -0.39 is 0 Å². The maximum Gasteiger partial charge on any atom is 0.271 e. The fraction of sp³-hybridized carbons (Fsp3) is 0.167. The lowest BCUT2D eigenvalue weighted by atomic mass is 10.1. The van der Waals surface area contributed by atoms with Crippen LogP contribution in [0.2, 0.25) is 5.02 Å². The topological polar surface area (TPSA) is 66.9 Å². The van der Waals surface area contributed by atoms with Gasteiger partial charge in [0.2, 0.25) is 0 Å². The van der Waals surface area contributed by atoms with E-state index in [2.05, 4.69) is 10.4 Å². The van der Waals surface area contributed by atoms with E-state index in [-0.39, 0.29) is 11.5 Å². The first-order chi connectivity index (χ1) is 8.54. The largest absolute Gasteiger partial charge is 0.355 e. The summed E-state index contributed by atoms with van der Waals surface area (Å²) in [5.74, 6) is -0.294. The fourth-order valence-electron chi connectivity index (χ4n) is 1.84. The molecule has 1 amide bonds. The Kier molecular flexibility index (Phi) is 3.25. The molecule has 94 valence electrons. The van der Waals surface area contributed by atoms with Gasteiger partial charge < -0.3 is 5.32 Å². The Morgan fingerprint density at radius 1 is 1.44 bits per heavy atom. The SMILES string of the molecule is CNC(=O)c1cc(Cl)cc(C)c1-n1[nH]ccc1=O. The maximum absolute atomic E-state index is 11.8. The minimum Gasteiger partial charge on any atom is -0.355 e. The van der Waals surface area contributed by atoms with Crippen LogP contribution in [0.15, 0.2) is 29.2 Å². The van der Waals surface area contributed by atoms with Crippen molar-refractivity contribution in [2.75, 3.05) is 7.05 Å². The van der Waals surface area contributed by atoms with Crippen molar-refractivity contribution in [2.24, 2.45) is 0 Å². The zero-order valence-electron chi connectivity index (χ0n) is 9.95. The van der Waals surface area contributed by atoms with Crippen LogP contribution in [-0.2, 0) is 0 Å². The first-order valence-corrected chi connectivity index (χ1v) is 5.71. The zero-order chi connectivity index (χ0) is 13.3. The molecular formula is C12H12ClN3O2. The monoisotopic (exact) mass is 265 g/mol. The second-order valence-electron chi connectivity index (χ2n) is 3.83. The molecule has 0 aliphatic heterocycles. The van der Waals surface area contributed by atoms with E-state index in [1.54, 1.807) is 13.0 Å². The van der Waals surface area contributed by atoms with Crippen LogP contribution in [0.5, 0.6) is 0 Å². The molecule has 18 heavy (non-hydrogen) atoms. The standard InChI is InChI=1S/C12H12ClN3O2/c1-7-5-8(13)6-9(12(18)14-2)11(7)16-10(17)3-4-15-16/h3-6,15H,1-2H3,(H,14,18). The third-order valence-corrected chi connectivity index (χ3v) is 2.83. The number of hydrogen-bond acceptors (Lipinski definition) is 2. The molecule has 0 saturated carbocycles. The molecular weight excluding hydrogens is 254 g/mol. The lowest BCUT2D eigenvalue weighted by molar-refractivity contribution is 0.0963. The highest BCUT2D eigenvalue weighted by molar-refractivity contribution is 6.31. The molecule has 0 atom stereocenters. The first kappa shape index (κ1) is 12.4. The van der Waals surface area contributed by atoms with Crippen molar-refractivity contribution in [2.45, 2.75) is 6.92 Å². The average molecular weight is 266 g/mol. The lowest BCUT2D eigenvalue weighted by Gasteiger charge is -2.12. The summed E-state index contributed by atoms with van der Waals surface area (Å²) in [6.07, 6.45) is 1.52. The number of nitrogens with one attached hydrogen (secondary N) is 2. The summed E-state index contributed by atoms with van der Waals surface area (Å²) in [7, 11) is 1.53. The molecule has 0 aliphatic rings. The highest BCUT2D eigenvalue weighted by atomic mass is 35.5. The molecule has 2 aromatic rings. The molecule has 6 heteroatoms. The van der Waals surface area contributed by atoms with Gasteiger partial charge >= 0.3 is 0 Å². The predicted octanol–water partition coefficient (Wildman–Crippen LogP) is 1.49. The number of nitrogens with zero attached hydrogens (tertiary/aromatic N) is 1. The summed E-state index contributed by atoms with van der Waals surface area (Å²) in [5, 5.41) is 5.77. The zero-order valence-corrected chi connectivity index (χ0v) is 10.7. The van der Waals surface area contributed by atoms with Crippen molar-refractivity contribution < 1.29 is 4.79 Å². The van der Waals surface area contributed by atoms with Crippen molar-refractivity contribution in [3.8, 4) is 5.69 Å². The fourth-order valence-corrected chi connectivity index (χ4v) is 2.11. The Balaban J connectivity index is 2.77. The molecule has 5 nitrogen and oxygen atoms in total. The van der Waals surface area contributed by atoms with E-state index in [9.17, 15) is 9.59 Å². The Morgan fingerprint density at radius 3 is 2.72 bits per heavy atom.